The number of hydrogen-bond acceptors (Lipinski definition) is 7. The van der Waals surface area contributed by atoms with Crippen molar-refractivity contribution in [2.75, 3.05) is 23.8 Å². The van der Waals surface area contributed by atoms with Gasteiger partial charge in [-0.2, -0.15) is 0 Å². The van der Waals surface area contributed by atoms with Crippen molar-refractivity contribution >= 4 is 28.3 Å². The molecule has 5 rings (SSSR count). The van der Waals surface area contributed by atoms with E-state index in [1.165, 1.54) is 17.2 Å². The molecule has 33 heavy (non-hydrogen) atoms. The van der Waals surface area contributed by atoms with Crippen molar-refractivity contribution < 1.29 is 32.2 Å². The number of anilines is 2. The van der Waals surface area contributed by atoms with E-state index in [0.29, 0.717) is 30.2 Å². The molecule has 0 saturated heterocycles. The van der Waals surface area contributed by atoms with E-state index in [4.69, 9.17) is 15.2 Å². The monoisotopic (exact) mass is 462 g/mol. The molecule has 0 bridgehead atoms. The van der Waals surface area contributed by atoms with Crippen LogP contribution >= 0.6 is 0 Å². The number of benzene rings is 1. The van der Waals surface area contributed by atoms with E-state index in [9.17, 15) is 18.0 Å². The lowest BCUT2D eigenvalue weighted by Crippen LogP contribution is -2.38. The minimum absolute atomic E-state index is 0.114. The molecule has 2 aliphatic rings. The lowest BCUT2D eigenvalue weighted by atomic mass is 10.1. The molecule has 0 aliphatic carbocycles. The minimum Gasteiger partial charge on any atom is -0.489 e. The first-order valence-corrected chi connectivity index (χ1v) is 10.3. The molecule has 4 heterocycles. The summed E-state index contributed by atoms with van der Waals surface area (Å²) < 4.78 is 52.3. The van der Waals surface area contributed by atoms with E-state index in [1.807, 2.05) is 13.8 Å². The molecule has 174 valence electrons. The van der Waals surface area contributed by atoms with Gasteiger partial charge >= 0.3 is 6.36 Å². The number of nitrogens with two attached hydrogens (primary N) is 1. The highest BCUT2D eigenvalue weighted by Crippen LogP contribution is 2.37. The number of rotatable bonds is 2. The zero-order valence-electron chi connectivity index (χ0n) is 17.9. The third-order valence-corrected chi connectivity index (χ3v) is 5.11. The second kappa shape index (κ2) is 8.74. The van der Waals surface area contributed by atoms with Gasteiger partial charge < -0.3 is 24.8 Å². The van der Waals surface area contributed by atoms with E-state index in [1.54, 1.807) is 6.07 Å². The first kappa shape index (κ1) is 22.6. The van der Waals surface area contributed by atoms with Gasteiger partial charge in [0.1, 0.15) is 29.6 Å². The van der Waals surface area contributed by atoms with Crippen LogP contribution in [0.1, 0.15) is 35.5 Å². The molecule has 0 saturated carbocycles. The van der Waals surface area contributed by atoms with Crippen LogP contribution in [0.25, 0.3) is 10.9 Å². The number of aromatic nitrogens is 2. The Hall–Kier alpha value is -3.60. The van der Waals surface area contributed by atoms with Gasteiger partial charge in [0.15, 0.2) is 0 Å². The first-order valence-electron chi connectivity index (χ1n) is 10.3. The van der Waals surface area contributed by atoms with Crippen LogP contribution in [0, 0.1) is 0 Å². The van der Waals surface area contributed by atoms with Crippen LogP contribution in [0.5, 0.6) is 11.5 Å². The Morgan fingerprint density at radius 3 is 2.70 bits per heavy atom. The Bertz CT molecular complexity index is 1220. The van der Waals surface area contributed by atoms with Gasteiger partial charge in [-0.1, -0.05) is 13.8 Å². The Morgan fingerprint density at radius 2 is 1.94 bits per heavy atom. The number of ether oxygens (including phenoxy) is 3. The minimum atomic E-state index is -4.82. The molecule has 2 aliphatic heterocycles. The van der Waals surface area contributed by atoms with E-state index in [-0.39, 0.29) is 24.6 Å². The summed E-state index contributed by atoms with van der Waals surface area (Å²) in [6.45, 7) is 5.04. The maximum absolute atomic E-state index is 13.2. The smallest absolute Gasteiger partial charge is 0.489 e. The molecule has 2 aromatic heterocycles. The van der Waals surface area contributed by atoms with E-state index >= 15 is 0 Å². The van der Waals surface area contributed by atoms with Crippen molar-refractivity contribution in [1.82, 2.24) is 9.97 Å². The summed E-state index contributed by atoms with van der Waals surface area (Å²) >= 11 is 0. The van der Waals surface area contributed by atoms with E-state index < -0.39 is 18.0 Å². The Labute approximate surface area is 187 Å². The summed E-state index contributed by atoms with van der Waals surface area (Å²) in [5, 5.41) is 0.724. The van der Waals surface area contributed by atoms with Crippen molar-refractivity contribution in [2.24, 2.45) is 0 Å². The lowest BCUT2D eigenvalue weighted by Gasteiger charge is -2.29. The maximum Gasteiger partial charge on any atom is 0.573 e. The van der Waals surface area contributed by atoms with Gasteiger partial charge in [-0.25, -0.2) is 9.97 Å². The van der Waals surface area contributed by atoms with E-state index in [2.05, 4.69) is 14.7 Å². The van der Waals surface area contributed by atoms with Crippen LogP contribution in [0.4, 0.5) is 24.7 Å². The standard InChI is InChI=1S/C20H15F3N4O4.C2H6/c21-20(22,23)31-10-1-2-16-17(5-10)30-4-3-27(16)19(28)14-6-11-12-8-29-9-13(12)18(24)26-15(11)7-25-14;1-2/h1-2,5-7H,3-4,8-9H2,(H2,24,26);1-2H3. The summed E-state index contributed by atoms with van der Waals surface area (Å²) in [5.74, 6) is -0.352. The average molecular weight is 462 g/mol. The number of halogens is 3. The van der Waals surface area contributed by atoms with Gasteiger partial charge in [-0.3, -0.25) is 4.79 Å². The van der Waals surface area contributed by atoms with Gasteiger partial charge in [0.25, 0.3) is 5.91 Å². The van der Waals surface area contributed by atoms with Crippen molar-refractivity contribution in [3.63, 3.8) is 0 Å². The van der Waals surface area contributed by atoms with Crippen LogP contribution in [0.2, 0.25) is 0 Å². The third-order valence-electron chi connectivity index (χ3n) is 5.11. The molecular formula is C22H21F3N4O4. The number of alkyl halides is 3. The highest BCUT2D eigenvalue weighted by atomic mass is 19.4. The molecule has 3 aromatic rings. The number of carbonyl (C=O) groups is 1. The van der Waals surface area contributed by atoms with Crippen LogP contribution in [-0.2, 0) is 18.0 Å². The number of carbonyl (C=O) groups excluding carboxylic acids is 1. The number of pyridine rings is 2. The maximum atomic E-state index is 13.2. The second-order valence-corrected chi connectivity index (χ2v) is 7.02. The lowest BCUT2D eigenvalue weighted by molar-refractivity contribution is -0.274. The highest BCUT2D eigenvalue weighted by molar-refractivity contribution is 6.07. The largest absolute Gasteiger partial charge is 0.573 e. The van der Waals surface area contributed by atoms with Crippen molar-refractivity contribution in [2.45, 2.75) is 33.4 Å². The van der Waals surface area contributed by atoms with Gasteiger partial charge in [0.2, 0.25) is 0 Å². The number of hydrogen-bond donors (Lipinski definition) is 1. The summed E-state index contributed by atoms with van der Waals surface area (Å²) in [5.41, 5.74) is 8.68. The van der Waals surface area contributed by atoms with E-state index in [0.717, 1.165) is 28.6 Å². The number of amides is 1. The molecule has 1 aromatic carbocycles. The molecule has 1 amide bonds. The molecule has 11 heteroatoms. The first-order chi connectivity index (χ1) is 15.8. The van der Waals surface area contributed by atoms with Gasteiger partial charge in [0, 0.05) is 17.0 Å². The molecule has 0 radical (unpaired) electrons. The SMILES string of the molecule is CC.Nc1nc2cnc(C(=O)N3CCOc4cc(OC(F)(F)F)ccc43)cc2c2c1COC2. The molecule has 0 atom stereocenters. The van der Waals surface area contributed by atoms with Gasteiger partial charge in [0.05, 0.1) is 37.2 Å². The quantitative estimate of drug-likeness (QED) is 0.609. The molecule has 0 spiro atoms. The molecule has 8 nitrogen and oxygen atoms in total. The summed E-state index contributed by atoms with van der Waals surface area (Å²) in [6, 6.07) is 5.22. The number of nitrogens with zero attached hydrogens (tertiary/aromatic N) is 3. The van der Waals surface area contributed by atoms with Crippen LogP contribution in [-0.4, -0.2) is 35.4 Å². The summed E-state index contributed by atoms with van der Waals surface area (Å²) in [6.07, 6.45) is -3.35. The fourth-order valence-electron chi connectivity index (χ4n) is 3.74. The van der Waals surface area contributed by atoms with Crippen LogP contribution in [0.15, 0.2) is 30.5 Å². The predicted molar refractivity (Wildman–Crippen MR) is 114 cm³/mol. The van der Waals surface area contributed by atoms with Gasteiger partial charge in [-0.15, -0.1) is 13.2 Å². The molecule has 0 unspecified atom stereocenters. The Kier molecular flexibility index (Phi) is 5.98. The van der Waals surface area contributed by atoms with Crippen molar-refractivity contribution in [3.8, 4) is 11.5 Å². The molecule has 0 fully saturated rings. The fourth-order valence-corrected chi connectivity index (χ4v) is 3.74. The normalized spacial score (nSPS) is 14.6. The molecular weight excluding hydrogens is 441 g/mol. The number of fused-ring (bicyclic) bond motifs is 4. The Morgan fingerprint density at radius 1 is 1.18 bits per heavy atom. The zero-order valence-corrected chi connectivity index (χ0v) is 17.9. The zero-order chi connectivity index (χ0) is 23.8. The average Bonchev–Trinajstić information content (AvgIpc) is 3.29. The summed E-state index contributed by atoms with van der Waals surface area (Å²) in [4.78, 5) is 23.2. The Balaban J connectivity index is 0.00000126. The van der Waals surface area contributed by atoms with Crippen LogP contribution < -0.4 is 20.1 Å². The highest BCUT2D eigenvalue weighted by Gasteiger charge is 2.33. The van der Waals surface area contributed by atoms with Gasteiger partial charge in [-0.05, 0) is 23.8 Å². The molecule has 2 N–H and O–H groups in total. The van der Waals surface area contributed by atoms with Crippen molar-refractivity contribution in [1.29, 1.82) is 0 Å². The fraction of sp³-hybridized carbons (Fsp3) is 0.318. The topological polar surface area (TPSA) is 99.8 Å². The second-order valence-electron chi connectivity index (χ2n) is 7.02. The third kappa shape index (κ3) is 4.36. The predicted octanol–water partition coefficient (Wildman–Crippen LogP) is 4.21. The summed E-state index contributed by atoms with van der Waals surface area (Å²) in [7, 11) is 0. The van der Waals surface area contributed by atoms with Crippen LogP contribution in [0.3, 0.4) is 0 Å². The number of nitrogen functional groups attached to an aromatic ring is 1. The van der Waals surface area contributed by atoms with Crippen molar-refractivity contribution in [3.05, 3.63) is 47.3 Å².